The van der Waals surface area contributed by atoms with Crippen LogP contribution in [0.2, 0.25) is 5.02 Å². The van der Waals surface area contributed by atoms with Crippen molar-refractivity contribution in [2.24, 2.45) is 0 Å². The first-order valence-electron chi connectivity index (χ1n) is 14.3. The van der Waals surface area contributed by atoms with E-state index in [1.54, 1.807) is 33.7 Å². The number of morpholine rings is 1. The second-order valence-corrected chi connectivity index (χ2v) is 11.1. The molecule has 2 aromatic carbocycles. The molecule has 11 nitrogen and oxygen atoms in total. The molecule has 0 spiro atoms. The van der Waals surface area contributed by atoms with Crippen LogP contribution >= 0.6 is 11.6 Å². The van der Waals surface area contributed by atoms with Crippen molar-refractivity contribution in [3.8, 4) is 16.9 Å². The van der Waals surface area contributed by atoms with Gasteiger partial charge in [0.15, 0.2) is 0 Å². The normalized spacial score (nSPS) is 16.1. The minimum atomic E-state index is -2.82. The Morgan fingerprint density at radius 2 is 1.84 bits per heavy atom. The van der Waals surface area contributed by atoms with E-state index in [9.17, 15) is 18.4 Å². The van der Waals surface area contributed by atoms with Crippen LogP contribution in [0, 0.1) is 0 Å². The Labute approximate surface area is 256 Å². The van der Waals surface area contributed by atoms with Gasteiger partial charge in [0.1, 0.15) is 11.9 Å². The fourth-order valence-corrected chi connectivity index (χ4v) is 5.65. The van der Waals surface area contributed by atoms with Gasteiger partial charge in [0.05, 0.1) is 44.0 Å². The van der Waals surface area contributed by atoms with E-state index in [-0.39, 0.29) is 18.2 Å². The van der Waals surface area contributed by atoms with Crippen LogP contribution in [0.3, 0.4) is 0 Å². The van der Waals surface area contributed by atoms with E-state index in [0.717, 1.165) is 5.56 Å². The smallest absolute Gasteiger partial charge is 0.409 e. The molecular formula is C30H31ClF2N6O5. The quantitative estimate of drug-likeness (QED) is 0.288. The third-order valence-electron chi connectivity index (χ3n) is 7.86. The van der Waals surface area contributed by atoms with Crippen LogP contribution in [0.15, 0.2) is 53.6 Å². The summed E-state index contributed by atoms with van der Waals surface area (Å²) < 4.78 is 45.9. The molecule has 0 radical (unpaired) electrons. The number of carbonyl (C=O) groups is 1. The van der Waals surface area contributed by atoms with Gasteiger partial charge in [-0.25, -0.2) is 14.5 Å². The van der Waals surface area contributed by atoms with Gasteiger partial charge in [-0.05, 0) is 29.8 Å². The number of methoxy groups -OCH3 is 1. The van der Waals surface area contributed by atoms with E-state index in [1.807, 2.05) is 17.0 Å². The lowest BCUT2D eigenvalue weighted by Gasteiger charge is -2.32. The number of hydrogen-bond donors (Lipinski definition) is 0. The summed E-state index contributed by atoms with van der Waals surface area (Å²) in [5.74, 6) is 0.831. The Morgan fingerprint density at radius 1 is 1.11 bits per heavy atom. The summed E-state index contributed by atoms with van der Waals surface area (Å²) in [7, 11) is 1.34. The van der Waals surface area contributed by atoms with Crippen molar-refractivity contribution in [1.82, 2.24) is 24.2 Å². The molecule has 0 N–H and O–H groups in total. The van der Waals surface area contributed by atoms with Gasteiger partial charge in [-0.15, -0.1) is 0 Å². The topological polar surface area (TPSA) is 104 Å². The zero-order chi connectivity index (χ0) is 30.8. The van der Waals surface area contributed by atoms with Crippen LogP contribution in [0.4, 0.5) is 19.5 Å². The SMILES string of the molecule is COC(=O)N1CCC(Oc2cc3c(=O)n(Cc4ccc(Cl)cc4)c(N4CCOCC4)nc3cc2-c2cnn(C(F)F)c2)CC1. The molecule has 2 saturated heterocycles. The number of halogens is 3. The molecule has 2 aromatic heterocycles. The molecule has 4 aromatic rings. The Kier molecular flexibility index (Phi) is 8.67. The highest BCUT2D eigenvalue weighted by Gasteiger charge is 2.27. The molecule has 2 aliphatic rings. The van der Waals surface area contributed by atoms with Crippen molar-refractivity contribution in [3.05, 3.63) is 69.7 Å². The third kappa shape index (κ3) is 6.20. The molecule has 232 valence electrons. The van der Waals surface area contributed by atoms with Gasteiger partial charge < -0.3 is 24.0 Å². The molecule has 0 aliphatic carbocycles. The average molecular weight is 629 g/mol. The van der Waals surface area contributed by atoms with Gasteiger partial charge in [-0.2, -0.15) is 13.9 Å². The van der Waals surface area contributed by atoms with Crippen molar-refractivity contribution in [3.63, 3.8) is 0 Å². The zero-order valence-electron chi connectivity index (χ0n) is 24.0. The van der Waals surface area contributed by atoms with Crippen LogP contribution in [0.25, 0.3) is 22.0 Å². The van der Waals surface area contributed by atoms with Crippen molar-refractivity contribution in [1.29, 1.82) is 0 Å². The second-order valence-electron chi connectivity index (χ2n) is 10.7. The van der Waals surface area contributed by atoms with E-state index in [2.05, 4.69) is 5.10 Å². The van der Waals surface area contributed by atoms with E-state index < -0.39 is 12.6 Å². The third-order valence-corrected chi connectivity index (χ3v) is 8.12. The number of benzene rings is 2. The molecule has 6 rings (SSSR count). The van der Waals surface area contributed by atoms with Gasteiger partial charge in [0.25, 0.3) is 5.56 Å². The number of nitrogens with zero attached hydrogens (tertiary/aromatic N) is 6. The lowest BCUT2D eigenvalue weighted by atomic mass is 10.0. The lowest BCUT2D eigenvalue weighted by Crippen LogP contribution is -2.41. The number of aromatic nitrogens is 4. The second kappa shape index (κ2) is 12.8. The Bertz CT molecular complexity index is 1700. The summed E-state index contributed by atoms with van der Waals surface area (Å²) >= 11 is 6.10. The molecule has 2 fully saturated rings. The number of ether oxygens (including phenoxy) is 3. The van der Waals surface area contributed by atoms with Crippen LogP contribution in [0.1, 0.15) is 25.0 Å². The van der Waals surface area contributed by atoms with Crippen LogP contribution < -0.4 is 15.2 Å². The Hall–Kier alpha value is -4.23. The number of alkyl halides is 2. The highest BCUT2D eigenvalue weighted by atomic mass is 35.5. The van der Waals surface area contributed by atoms with Gasteiger partial charge in [-0.1, -0.05) is 23.7 Å². The van der Waals surface area contributed by atoms with E-state index in [1.165, 1.54) is 19.5 Å². The summed E-state index contributed by atoms with van der Waals surface area (Å²) in [5, 5.41) is 4.72. The standard InChI is InChI=1S/C30H31ClF2N6O5/c1-42-30(41)37-8-6-22(7-9-37)44-26-15-24-25(14-23(26)20-16-34-39(18-20)28(32)33)35-29(36-10-12-43-13-11-36)38(27(24)40)17-19-2-4-21(31)5-3-19/h2-5,14-16,18,22,28H,6-13,17H2,1H3. The largest absolute Gasteiger partial charge is 0.490 e. The van der Waals surface area contributed by atoms with Crippen molar-refractivity contribution >= 4 is 34.5 Å². The minimum absolute atomic E-state index is 0.261. The predicted molar refractivity (Wildman–Crippen MR) is 160 cm³/mol. The van der Waals surface area contributed by atoms with Crippen LogP contribution in [-0.4, -0.2) is 82.9 Å². The molecule has 0 unspecified atom stereocenters. The van der Waals surface area contributed by atoms with Crippen molar-refractivity contribution in [2.45, 2.75) is 32.0 Å². The highest BCUT2D eigenvalue weighted by molar-refractivity contribution is 6.30. The first kappa shape index (κ1) is 29.8. The number of carbonyl (C=O) groups excluding carboxylic acids is 1. The minimum Gasteiger partial charge on any atom is -0.490 e. The first-order valence-corrected chi connectivity index (χ1v) is 14.7. The summed E-state index contributed by atoms with van der Waals surface area (Å²) in [5.41, 5.74) is 1.88. The van der Waals surface area contributed by atoms with Crippen molar-refractivity contribution in [2.75, 3.05) is 51.4 Å². The van der Waals surface area contributed by atoms with E-state index in [0.29, 0.717) is 95.7 Å². The fraction of sp³-hybridized carbons (Fsp3) is 0.400. The maximum absolute atomic E-state index is 14.2. The van der Waals surface area contributed by atoms with Crippen LogP contribution in [-0.2, 0) is 16.0 Å². The van der Waals surface area contributed by atoms with Crippen molar-refractivity contribution < 1.29 is 27.8 Å². The number of anilines is 1. The fourth-order valence-electron chi connectivity index (χ4n) is 5.53. The number of hydrogen-bond acceptors (Lipinski definition) is 8. The number of likely N-dealkylation sites (tertiary alicyclic amines) is 1. The van der Waals surface area contributed by atoms with Crippen LogP contribution in [0.5, 0.6) is 5.75 Å². The summed E-state index contributed by atoms with van der Waals surface area (Å²) in [6, 6.07) is 10.6. The predicted octanol–water partition coefficient (Wildman–Crippen LogP) is 4.80. The molecule has 0 atom stereocenters. The lowest BCUT2D eigenvalue weighted by molar-refractivity contribution is 0.0566. The molecule has 1 amide bonds. The van der Waals surface area contributed by atoms with Gasteiger partial charge in [0, 0.05) is 61.4 Å². The molecule has 2 aliphatic heterocycles. The van der Waals surface area contributed by atoms with Gasteiger partial charge in [0.2, 0.25) is 5.95 Å². The molecular weight excluding hydrogens is 598 g/mol. The number of fused-ring (bicyclic) bond motifs is 1. The van der Waals surface area contributed by atoms with Gasteiger partial charge >= 0.3 is 12.6 Å². The summed E-state index contributed by atoms with van der Waals surface area (Å²) in [6.45, 7) is 0.405. The summed E-state index contributed by atoms with van der Waals surface area (Å²) in [6.07, 6.45) is 2.94. The number of rotatable bonds is 7. The monoisotopic (exact) mass is 628 g/mol. The Morgan fingerprint density at radius 3 is 2.50 bits per heavy atom. The molecule has 14 heteroatoms. The summed E-state index contributed by atoms with van der Waals surface area (Å²) in [4.78, 5) is 34.7. The van der Waals surface area contributed by atoms with E-state index >= 15 is 0 Å². The zero-order valence-corrected chi connectivity index (χ0v) is 24.8. The van der Waals surface area contributed by atoms with Gasteiger partial charge in [-0.3, -0.25) is 9.36 Å². The number of amides is 1. The molecule has 0 saturated carbocycles. The maximum atomic E-state index is 14.2. The highest BCUT2D eigenvalue weighted by Crippen LogP contribution is 2.36. The molecule has 44 heavy (non-hydrogen) atoms. The maximum Gasteiger partial charge on any atom is 0.409 e. The average Bonchev–Trinajstić information content (AvgIpc) is 3.54. The first-order chi connectivity index (χ1) is 21.3. The Balaban J connectivity index is 1.45. The molecule has 0 bridgehead atoms. The number of piperidine rings is 1. The molecule has 4 heterocycles. The van der Waals surface area contributed by atoms with E-state index in [4.69, 9.17) is 30.8 Å².